The maximum atomic E-state index is 12.3. The van der Waals surface area contributed by atoms with E-state index in [1.807, 2.05) is 12.1 Å². The maximum Gasteiger partial charge on any atom is 0.339 e. The summed E-state index contributed by atoms with van der Waals surface area (Å²) in [6.07, 6.45) is 0.989. The van der Waals surface area contributed by atoms with Gasteiger partial charge in [0.25, 0.3) is 0 Å². The standard InChI is InChI=1S/C18H21NO4S/c1-4-13(2)15-5-11-18(12-6-15)24(21,22)23-17-9-7-16(8-10-17)19-14(3)20/h5-13H,4H2,1-3H3,(H,19,20). The smallest absolute Gasteiger partial charge is 0.339 e. The third-order valence-corrected chi connectivity index (χ3v) is 4.99. The lowest BCUT2D eigenvalue weighted by Crippen LogP contribution is -2.10. The molecule has 2 rings (SSSR count). The molecule has 24 heavy (non-hydrogen) atoms. The molecular formula is C18H21NO4S. The lowest BCUT2D eigenvalue weighted by atomic mass is 9.99. The number of amides is 1. The molecular weight excluding hydrogens is 326 g/mol. The summed E-state index contributed by atoms with van der Waals surface area (Å²) in [5.74, 6) is 0.372. The molecule has 0 fully saturated rings. The first-order valence-corrected chi connectivity index (χ1v) is 9.14. The molecule has 1 atom stereocenters. The molecule has 2 aromatic rings. The molecule has 1 unspecified atom stereocenters. The molecule has 0 saturated heterocycles. The summed E-state index contributed by atoms with van der Waals surface area (Å²) in [7, 11) is -3.89. The second-order valence-corrected chi connectivity index (χ2v) is 7.17. The zero-order valence-electron chi connectivity index (χ0n) is 13.9. The fourth-order valence-corrected chi connectivity index (χ4v) is 3.10. The Balaban J connectivity index is 2.14. The van der Waals surface area contributed by atoms with Crippen molar-refractivity contribution in [2.45, 2.75) is 38.0 Å². The molecule has 0 aliphatic carbocycles. The number of carbonyl (C=O) groups is 1. The molecule has 1 N–H and O–H groups in total. The van der Waals surface area contributed by atoms with E-state index in [-0.39, 0.29) is 16.6 Å². The first-order valence-electron chi connectivity index (χ1n) is 7.74. The quantitative estimate of drug-likeness (QED) is 0.804. The summed E-state index contributed by atoms with van der Waals surface area (Å²) in [6, 6.07) is 12.9. The van der Waals surface area contributed by atoms with Crippen molar-refractivity contribution in [2.24, 2.45) is 0 Å². The molecule has 0 saturated carbocycles. The number of anilines is 1. The molecule has 2 aromatic carbocycles. The van der Waals surface area contributed by atoms with Crippen molar-refractivity contribution < 1.29 is 17.4 Å². The molecule has 0 aliphatic rings. The minimum atomic E-state index is -3.89. The molecule has 6 heteroatoms. The predicted molar refractivity (Wildman–Crippen MR) is 93.7 cm³/mol. The minimum absolute atomic E-state index is 0.112. The van der Waals surface area contributed by atoms with E-state index in [2.05, 4.69) is 19.2 Å². The Morgan fingerprint density at radius 2 is 1.67 bits per heavy atom. The van der Waals surface area contributed by atoms with Crippen molar-refractivity contribution in [1.29, 1.82) is 0 Å². The summed E-state index contributed by atoms with van der Waals surface area (Å²) in [6.45, 7) is 5.58. The van der Waals surface area contributed by atoms with Gasteiger partial charge in [-0.05, 0) is 54.3 Å². The topological polar surface area (TPSA) is 72.5 Å². The van der Waals surface area contributed by atoms with Crippen LogP contribution < -0.4 is 9.50 Å². The maximum absolute atomic E-state index is 12.3. The molecule has 0 aliphatic heterocycles. The molecule has 0 bridgehead atoms. The molecule has 1 amide bonds. The fourth-order valence-electron chi connectivity index (χ4n) is 2.17. The largest absolute Gasteiger partial charge is 0.379 e. The average molecular weight is 347 g/mol. The zero-order chi connectivity index (χ0) is 17.7. The predicted octanol–water partition coefficient (Wildman–Crippen LogP) is 3.93. The fraction of sp³-hybridized carbons (Fsp3) is 0.278. The molecule has 0 heterocycles. The van der Waals surface area contributed by atoms with Gasteiger partial charge in [0.2, 0.25) is 5.91 Å². The Kier molecular flexibility index (Phi) is 5.62. The van der Waals surface area contributed by atoms with Gasteiger partial charge < -0.3 is 9.50 Å². The van der Waals surface area contributed by atoms with E-state index >= 15 is 0 Å². The van der Waals surface area contributed by atoms with Crippen LogP contribution >= 0.6 is 0 Å². The normalized spacial score (nSPS) is 12.5. The molecule has 128 valence electrons. The van der Waals surface area contributed by atoms with Gasteiger partial charge >= 0.3 is 10.1 Å². The third-order valence-electron chi connectivity index (χ3n) is 3.73. The van der Waals surface area contributed by atoms with E-state index < -0.39 is 10.1 Å². The van der Waals surface area contributed by atoms with Gasteiger partial charge in [-0.1, -0.05) is 26.0 Å². The summed E-state index contributed by atoms with van der Waals surface area (Å²) < 4.78 is 29.8. The Hall–Kier alpha value is -2.34. The van der Waals surface area contributed by atoms with Crippen LogP contribution in [-0.4, -0.2) is 14.3 Å². The van der Waals surface area contributed by atoms with Crippen molar-refractivity contribution in [3.63, 3.8) is 0 Å². The van der Waals surface area contributed by atoms with Gasteiger partial charge in [0.05, 0.1) is 0 Å². The van der Waals surface area contributed by atoms with Gasteiger partial charge in [-0.2, -0.15) is 8.42 Å². The van der Waals surface area contributed by atoms with Crippen LogP contribution in [0.4, 0.5) is 5.69 Å². The monoisotopic (exact) mass is 347 g/mol. The highest BCUT2D eigenvalue weighted by molar-refractivity contribution is 7.87. The van der Waals surface area contributed by atoms with Crippen molar-refractivity contribution in [1.82, 2.24) is 0 Å². The van der Waals surface area contributed by atoms with Gasteiger partial charge in [0.15, 0.2) is 0 Å². The molecule has 0 spiro atoms. The minimum Gasteiger partial charge on any atom is -0.379 e. The van der Waals surface area contributed by atoms with E-state index in [0.717, 1.165) is 12.0 Å². The number of rotatable bonds is 6. The highest BCUT2D eigenvalue weighted by Gasteiger charge is 2.17. The van der Waals surface area contributed by atoms with Crippen LogP contribution in [-0.2, 0) is 14.9 Å². The first kappa shape index (κ1) is 18.0. The molecule has 0 aromatic heterocycles. The highest BCUT2D eigenvalue weighted by atomic mass is 32.2. The van der Waals surface area contributed by atoms with Crippen LogP contribution in [0.1, 0.15) is 38.7 Å². The number of hydrogen-bond donors (Lipinski definition) is 1. The van der Waals surface area contributed by atoms with E-state index in [0.29, 0.717) is 11.6 Å². The van der Waals surface area contributed by atoms with Crippen molar-refractivity contribution in [3.05, 3.63) is 54.1 Å². The van der Waals surface area contributed by atoms with Crippen molar-refractivity contribution in [2.75, 3.05) is 5.32 Å². The number of benzene rings is 2. The number of nitrogens with one attached hydrogen (secondary N) is 1. The Labute approximate surface area is 142 Å². The van der Waals surface area contributed by atoms with Crippen LogP contribution in [0, 0.1) is 0 Å². The second kappa shape index (κ2) is 7.49. The van der Waals surface area contributed by atoms with E-state index in [1.54, 1.807) is 24.3 Å². The van der Waals surface area contributed by atoms with E-state index in [1.165, 1.54) is 19.1 Å². The highest BCUT2D eigenvalue weighted by Crippen LogP contribution is 2.23. The SMILES string of the molecule is CCC(C)c1ccc(S(=O)(=O)Oc2ccc(NC(C)=O)cc2)cc1. The van der Waals surface area contributed by atoms with E-state index in [4.69, 9.17) is 4.18 Å². The van der Waals surface area contributed by atoms with Crippen LogP contribution in [0.25, 0.3) is 0 Å². The van der Waals surface area contributed by atoms with Gasteiger partial charge in [-0.25, -0.2) is 0 Å². The van der Waals surface area contributed by atoms with Gasteiger partial charge in [-0.15, -0.1) is 0 Å². The number of hydrogen-bond acceptors (Lipinski definition) is 4. The van der Waals surface area contributed by atoms with Crippen LogP contribution in [0.15, 0.2) is 53.4 Å². The van der Waals surface area contributed by atoms with Crippen molar-refractivity contribution in [3.8, 4) is 5.75 Å². The summed E-state index contributed by atoms with van der Waals surface area (Å²) in [4.78, 5) is 11.1. The first-order chi connectivity index (χ1) is 11.3. The Morgan fingerprint density at radius 1 is 1.08 bits per heavy atom. The van der Waals surface area contributed by atoms with Crippen molar-refractivity contribution >= 4 is 21.7 Å². The lowest BCUT2D eigenvalue weighted by molar-refractivity contribution is -0.114. The zero-order valence-corrected chi connectivity index (χ0v) is 14.8. The molecule has 5 nitrogen and oxygen atoms in total. The summed E-state index contributed by atoms with van der Waals surface area (Å²) >= 11 is 0. The van der Waals surface area contributed by atoms with Gasteiger partial charge in [0.1, 0.15) is 10.6 Å². The van der Waals surface area contributed by atoms with Gasteiger partial charge in [-0.3, -0.25) is 4.79 Å². The summed E-state index contributed by atoms with van der Waals surface area (Å²) in [5, 5.41) is 2.60. The van der Waals surface area contributed by atoms with Crippen LogP contribution in [0.5, 0.6) is 5.75 Å². The Bertz CT molecular complexity index is 796. The Morgan fingerprint density at radius 3 is 2.17 bits per heavy atom. The number of carbonyl (C=O) groups excluding carboxylic acids is 1. The molecule has 0 radical (unpaired) electrons. The third kappa shape index (κ3) is 4.58. The van der Waals surface area contributed by atoms with E-state index in [9.17, 15) is 13.2 Å². The van der Waals surface area contributed by atoms with Crippen LogP contribution in [0.3, 0.4) is 0 Å². The average Bonchev–Trinajstić information content (AvgIpc) is 2.55. The summed E-state index contributed by atoms with van der Waals surface area (Å²) in [5.41, 5.74) is 1.67. The van der Waals surface area contributed by atoms with Crippen LogP contribution in [0.2, 0.25) is 0 Å². The second-order valence-electron chi connectivity index (χ2n) is 5.62. The lowest BCUT2D eigenvalue weighted by Gasteiger charge is -2.11. The van der Waals surface area contributed by atoms with Gasteiger partial charge in [0, 0.05) is 12.6 Å².